The molecule has 0 aliphatic rings. The van der Waals surface area contributed by atoms with Crippen LogP contribution in [0.3, 0.4) is 0 Å². The SMILES string of the molecule is CCCCCCCOP(C)(=O)Oc1ccc([N+](=O)[O-])cc1. The molecule has 1 unspecified atom stereocenters. The lowest BCUT2D eigenvalue weighted by molar-refractivity contribution is -0.384. The molecule has 1 rings (SSSR count). The molecule has 7 heteroatoms. The van der Waals surface area contributed by atoms with Crippen LogP contribution >= 0.6 is 7.60 Å². The number of rotatable bonds is 10. The maximum atomic E-state index is 12.1. The van der Waals surface area contributed by atoms with Gasteiger partial charge in [-0.15, -0.1) is 0 Å². The maximum Gasteiger partial charge on any atom is 0.376 e. The Bertz CT molecular complexity index is 489. The van der Waals surface area contributed by atoms with E-state index in [0.29, 0.717) is 12.4 Å². The summed E-state index contributed by atoms with van der Waals surface area (Å²) in [4.78, 5) is 10.0. The van der Waals surface area contributed by atoms with E-state index in [4.69, 9.17) is 9.05 Å². The first kappa shape index (κ1) is 17.7. The molecule has 0 saturated heterocycles. The van der Waals surface area contributed by atoms with E-state index in [1.54, 1.807) is 0 Å². The summed E-state index contributed by atoms with van der Waals surface area (Å²) in [6.45, 7) is 3.94. The van der Waals surface area contributed by atoms with Crippen molar-refractivity contribution >= 4 is 13.3 Å². The van der Waals surface area contributed by atoms with Gasteiger partial charge in [0.05, 0.1) is 11.5 Å². The van der Waals surface area contributed by atoms with E-state index in [1.165, 1.54) is 43.8 Å². The van der Waals surface area contributed by atoms with Crippen LogP contribution in [-0.2, 0) is 9.09 Å². The molecule has 0 radical (unpaired) electrons. The summed E-state index contributed by atoms with van der Waals surface area (Å²) in [5, 5.41) is 10.5. The average molecular weight is 315 g/mol. The maximum absolute atomic E-state index is 12.1. The summed E-state index contributed by atoms with van der Waals surface area (Å²) in [5.74, 6) is 0.303. The van der Waals surface area contributed by atoms with Crippen molar-refractivity contribution in [3.8, 4) is 5.75 Å². The van der Waals surface area contributed by atoms with Gasteiger partial charge in [0, 0.05) is 18.8 Å². The van der Waals surface area contributed by atoms with Crippen LogP contribution in [0.1, 0.15) is 39.0 Å². The number of non-ortho nitro benzene ring substituents is 1. The Hall–Kier alpha value is -1.39. The molecule has 118 valence electrons. The summed E-state index contributed by atoms with van der Waals surface area (Å²) in [7, 11) is -3.18. The molecule has 0 aliphatic carbocycles. The third kappa shape index (κ3) is 7.25. The van der Waals surface area contributed by atoms with Gasteiger partial charge in [0.2, 0.25) is 0 Å². The van der Waals surface area contributed by atoms with Gasteiger partial charge in [-0.05, 0) is 18.6 Å². The minimum absolute atomic E-state index is 0.0369. The topological polar surface area (TPSA) is 78.7 Å². The Labute approximate surface area is 125 Å². The normalized spacial score (nSPS) is 13.6. The largest absolute Gasteiger partial charge is 0.425 e. The van der Waals surface area contributed by atoms with E-state index in [9.17, 15) is 14.7 Å². The van der Waals surface area contributed by atoms with E-state index in [0.717, 1.165) is 19.3 Å². The van der Waals surface area contributed by atoms with Crippen LogP contribution in [0.5, 0.6) is 5.75 Å². The van der Waals surface area contributed by atoms with Crippen molar-refractivity contribution in [2.24, 2.45) is 0 Å². The zero-order valence-electron chi connectivity index (χ0n) is 12.5. The van der Waals surface area contributed by atoms with Gasteiger partial charge in [-0.2, -0.15) is 0 Å². The van der Waals surface area contributed by atoms with E-state index in [1.807, 2.05) is 0 Å². The van der Waals surface area contributed by atoms with Gasteiger partial charge < -0.3 is 4.52 Å². The second kappa shape index (κ2) is 8.80. The molecule has 0 bridgehead atoms. The Morgan fingerprint density at radius 1 is 1.14 bits per heavy atom. The smallest absolute Gasteiger partial charge is 0.376 e. The molecule has 0 aromatic heterocycles. The fourth-order valence-electron chi connectivity index (χ4n) is 1.78. The van der Waals surface area contributed by atoms with Gasteiger partial charge in [0.1, 0.15) is 5.75 Å². The van der Waals surface area contributed by atoms with Crippen molar-refractivity contribution < 1.29 is 18.5 Å². The minimum Gasteiger partial charge on any atom is -0.425 e. The van der Waals surface area contributed by atoms with Crippen LogP contribution in [0.25, 0.3) is 0 Å². The molecule has 0 heterocycles. The molecular formula is C14H22NO5P. The van der Waals surface area contributed by atoms with Crippen molar-refractivity contribution in [2.75, 3.05) is 13.3 Å². The molecule has 0 fully saturated rings. The molecule has 0 N–H and O–H groups in total. The highest BCUT2D eigenvalue weighted by atomic mass is 31.2. The molecule has 21 heavy (non-hydrogen) atoms. The summed E-state index contributed by atoms with van der Waals surface area (Å²) in [6, 6.07) is 5.44. The predicted octanol–water partition coefficient (Wildman–Crippen LogP) is 4.78. The van der Waals surface area contributed by atoms with Crippen LogP contribution in [0.2, 0.25) is 0 Å². The molecule has 0 aliphatic heterocycles. The standard InChI is InChI=1S/C14H22NO5P/c1-3-4-5-6-7-12-19-21(2,18)20-14-10-8-13(9-11-14)15(16)17/h8-11H,3-7,12H2,1-2H3. The van der Waals surface area contributed by atoms with Crippen LogP contribution in [-0.4, -0.2) is 18.2 Å². The zero-order chi connectivity index (χ0) is 15.7. The van der Waals surface area contributed by atoms with Gasteiger partial charge in [0.25, 0.3) is 5.69 Å². The number of benzene rings is 1. The van der Waals surface area contributed by atoms with E-state index in [2.05, 4.69) is 6.92 Å². The predicted molar refractivity (Wildman–Crippen MR) is 82.0 cm³/mol. The number of nitro groups is 1. The van der Waals surface area contributed by atoms with Gasteiger partial charge in [-0.1, -0.05) is 32.6 Å². The second-order valence-corrected chi connectivity index (χ2v) is 6.84. The quantitative estimate of drug-likeness (QED) is 0.268. The fraction of sp³-hybridized carbons (Fsp3) is 0.571. The van der Waals surface area contributed by atoms with E-state index in [-0.39, 0.29) is 5.69 Å². The summed E-state index contributed by atoms with van der Waals surface area (Å²) < 4.78 is 22.7. The second-order valence-electron chi connectivity index (χ2n) is 4.86. The Morgan fingerprint density at radius 2 is 1.76 bits per heavy atom. The first-order valence-electron chi connectivity index (χ1n) is 7.10. The molecular weight excluding hydrogens is 293 g/mol. The minimum atomic E-state index is -3.18. The Balaban J connectivity index is 2.37. The van der Waals surface area contributed by atoms with Gasteiger partial charge in [-0.3, -0.25) is 14.6 Å². The molecule has 0 saturated carbocycles. The fourth-order valence-corrected chi connectivity index (χ4v) is 2.80. The van der Waals surface area contributed by atoms with Crippen LogP contribution in [0, 0.1) is 10.1 Å². The van der Waals surface area contributed by atoms with E-state index >= 15 is 0 Å². The lowest BCUT2D eigenvalue weighted by Crippen LogP contribution is -1.99. The van der Waals surface area contributed by atoms with Crippen LogP contribution in [0.4, 0.5) is 5.69 Å². The van der Waals surface area contributed by atoms with Crippen molar-refractivity contribution in [1.82, 2.24) is 0 Å². The van der Waals surface area contributed by atoms with Crippen LogP contribution in [0.15, 0.2) is 24.3 Å². The third-order valence-corrected chi connectivity index (χ3v) is 4.09. The molecule has 0 amide bonds. The lowest BCUT2D eigenvalue weighted by atomic mass is 10.2. The molecule has 1 aromatic carbocycles. The van der Waals surface area contributed by atoms with Gasteiger partial charge in [-0.25, -0.2) is 4.57 Å². The molecule has 0 spiro atoms. The molecule has 1 aromatic rings. The van der Waals surface area contributed by atoms with Gasteiger partial charge in [0.15, 0.2) is 0 Å². The zero-order valence-corrected chi connectivity index (χ0v) is 13.4. The molecule has 6 nitrogen and oxygen atoms in total. The number of nitro benzene ring substituents is 1. The Kier molecular flexibility index (Phi) is 7.40. The monoisotopic (exact) mass is 315 g/mol. The lowest BCUT2D eigenvalue weighted by Gasteiger charge is -2.15. The van der Waals surface area contributed by atoms with Crippen molar-refractivity contribution in [3.63, 3.8) is 0 Å². The first-order chi connectivity index (χ1) is 9.94. The highest BCUT2D eigenvalue weighted by Crippen LogP contribution is 2.44. The summed E-state index contributed by atoms with van der Waals surface area (Å²) >= 11 is 0. The van der Waals surface area contributed by atoms with Crippen LogP contribution < -0.4 is 4.52 Å². The number of nitrogens with zero attached hydrogens (tertiary/aromatic N) is 1. The average Bonchev–Trinajstić information content (AvgIpc) is 2.43. The van der Waals surface area contributed by atoms with Crippen molar-refractivity contribution in [3.05, 3.63) is 34.4 Å². The number of unbranched alkanes of at least 4 members (excludes halogenated alkanes) is 4. The Morgan fingerprint density at radius 3 is 2.33 bits per heavy atom. The first-order valence-corrected chi connectivity index (χ1v) is 9.09. The summed E-state index contributed by atoms with van der Waals surface area (Å²) in [5.41, 5.74) is -0.0369. The third-order valence-electron chi connectivity index (χ3n) is 2.89. The van der Waals surface area contributed by atoms with Crippen molar-refractivity contribution in [1.29, 1.82) is 0 Å². The van der Waals surface area contributed by atoms with Crippen molar-refractivity contribution in [2.45, 2.75) is 39.0 Å². The van der Waals surface area contributed by atoms with E-state index < -0.39 is 12.5 Å². The number of hydrogen-bond acceptors (Lipinski definition) is 5. The number of hydrogen-bond donors (Lipinski definition) is 0. The molecule has 1 atom stereocenters. The summed E-state index contributed by atoms with van der Waals surface area (Å²) in [6.07, 6.45) is 5.42. The highest BCUT2D eigenvalue weighted by Gasteiger charge is 2.18. The van der Waals surface area contributed by atoms with Gasteiger partial charge >= 0.3 is 7.60 Å². The highest BCUT2D eigenvalue weighted by molar-refractivity contribution is 7.53.